The maximum absolute atomic E-state index is 13.3. The lowest BCUT2D eigenvalue weighted by atomic mass is 10.1. The average molecular weight is 253 g/mol. The van der Waals surface area contributed by atoms with Crippen LogP contribution in [0.15, 0.2) is 30.7 Å². The summed E-state index contributed by atoms with van der Waals surface area (Å²) in [5.74, 6) is -0.861. The van der Waals surface area contributed by atoms with Crippen molar-refractivity contribution in [1.82, 2.24) is 9.55 Å². The summed E-state index contributed by atoms with van der Waals surface area (Å²) in [4.78, 5) is 16.0. The molecule has 0 amide bonds. The van der Waals surface area contributed by atoms with Gasteiger partial charge in [-0.2, -0.15) is 0 Å². The topological polar surface area (TPSA) is 34.9 Å². The maximum atomic E-state index is 13.3. The van der Waals surface area contributed by atoms with Crippen LogP contribution in [0.5, 0.6) is 0 Å². The average Bonchev–Trinajstić information content (AvgIpc) is 2.80. The number of ketones is 1. The molecule has 1 heterocycles. The van der Waals surface area contributed by atoms with Gasteiger partial charge < -0.3 is 4.57 Å². The van der Waals surface area contributed by atoms with Crippen molar-refractivity contribution in [3.05, 3.63) is 52.8 Å². The minimum absolute atomic E-state index is 0.00514. The molecule has 17 heavy (non-hydrogen) atoms. The van der Waals surface area contributed by atoms with Crippen molar-refractivity contribution in [2.24, 2.45) is 0 Å². The zero-order valence-electron chi connectivity index (χ0n) is 9.15. The highest BCUT2D eigenvalue weighted by Crippen LogP contribution is 2.18. The number of aromatic nitrogens is 2. The highest BCUT2D eigenvalue weighted by molar-refractivity contribution is 6.30. The molecule has 0 aliphatic carbocycles. The Bertz CT molecular complexity index is 565. The SMILES string of the molecule is CCn1cncc1C(=O)c1ccc(Cl)c(F)c1. The number of halogens is 2. The zero-order valence-corrected chi connectivity index (χ0v) is 9.91. The summed E-state index contributed by atoms with van der Waals surface area (Å²) < 4.78 is 15.0. The van der Waals surface area contributed by atoms with Crippen molar-refractivity contribution in [3.63, 3.8) is 0 Å². The van der Waals surface area contributed by atoms with E-state index in [-0.39, 0.29) is 16.4 Å². The molecule has 3 nitrogen and oxygen atoms in total. The number of imidazole rings is 1. The van der Waals surface area contributed by atoms with Gasteiger partial charge in [-0.25, -0.2) is 9.37 Å². The van der Waals surface area contributed by atoms with E-state index >= 15 is 0 Å². The molecule has 0 unspecified atom stereocenters. The van der Waals surface area contributed by atoms with Crippen LogP contribution in [0.25, 0.3) is 0 Å². The van der Waals surface area contributed by atoms with E-state index < -0.39 is 5.82 Å². The summed E-state index contributed by atoms with van der Waals surface area (Å²) >= 11 is 5.56. The van der Waals surface area contributed by atoms with E-state index in [1.54, 1.807) is 10.9 Å². The van der Waals surface area contributed by atoms with Crippen LogP contribution in [0.1, 0.15) is 23.0 Å². The first-order valence-electron chi connectivity index (χ1n) is 5.13. The molecule has 0 fully saturated rings. The fraction of sp³-hybridized carbons (Fsp3) is 0.167. The Morgan fingerprint density at radius 1 is 1.53 bits per heavy atom. The summed E-state index contributed by atoms with van der Waals surface area (Å²) in [6.45, 7) is 2.54. The van der Waals surface area contributed by atoms with E-state index in [0.29, 0.717) is 12.2 Å². The van der Waals surface area contributed by atoms with E-state index in [9.17, 15) is 9.18 Å². The van der Waals surface area contributed by atoms with Crippen LogP contribution < -0.4 is 0 Å². The van der Waals surface area contributed by atoms with Gasteiger partial charge in [0.15, 0.2) is 0 Å². The third kappa shape index (κ3) is 2.22. The molecule has 0 atom stereocenters. The van der Waals surface area contributed by atoms with Gasteiger partial charge in [0.1, 0.15) is 11.5 Å². The molecule has 0 saturated carbocycles. The lowest BCUT2D eigenvalue weighted by Crippen LogP contribution is -2.09. The number of benzene rings is 1. The number of rotatable bonds is 3. The molecular weight excluding hydrogens is 243 g/mol. The minimum Gasteiger partial charge on any atom is -0.328 e. The fourth-order valence-electron chi connectivity index (χ4n) is 1.55. The molecule has 0 bridgehead atoms. The Kier molecular flexibility index (Phi) is 3.24. The van der Waals surface area contributed by atoms with Gasteiger partial charge in [-0.1, -0.05) is 11.6 Å². The van der Waals surface area contributed by atoms with Crippen LogP contribution >= 0.6 is 11.6 Å². The lowest BCUT2D eigenvalue weighted by Gasteiger charge is -2.04. The number of aryl methyl sites for hydroxylation is 1. The molecule has 0 radical (unpaired) electrons. The van der Waals surface area contributed by atoms with Crippen LogP contribution in [-0.2, 0) is 6.54 Å². The van der Waals surface area contributed by atoms with E-state index in [1.807, 2.05) is 6.92 Å². The normalized spacial score (nSPS) is 10.5. The monoisotopic (exact) mass is 252 g/mol. The van der Waals surface area contributed by atoms with Crippen molar-refractivity contribution in [1.29, 1.82) is 0 Å². The molecule has 0 saturated heterocycles. The second kappa shape index (κ2) is 4.67. The van der Waals surface area contributed by atoms with E-state index in [4.69, 9.17) is 11.6 Å². The van der Waals surface area contributed by atoms with Gasteiger partial charge in [-0.15, -0.1) is 0 Å². The van der Waals surface area contributed by atoms with Crippen molar-refractivity contribution < 1.29 is 9.18 Å². The molecule has 0 N–H and O–H groups in total. The number of carbonyl (C=O) groups excluding carboxylic acids is 1. The molecule has 88 valence electrons. The standard InChI is InChI=1S/C12H10ClFN2O/c1-2-16-7-15-6-11(16)12(17)8-3-4-9(13)10(14)5-8/h3-7H,2H2,1H3. The quantitative estimate of drug-likeness (QED) is 0.788. The summed E-state index contributed by atoms with van der Waals surface area (Å²) in [7, 11) is 0. The van der Waals surface area contributed by atoms with Crippen LogP contribution in [0.3, 0.4) is 0 Å². The number of carbonyl (C=O) groups is 1. The Morgan fingerprint density at radius 3 is 2.94 bits per heavy atom. The van der Waals surface area contributed by atoms with Gasteiger partial charge in [0.05, 0.1) is 17.5 Å². The maximum Gasteiger partial charge on any atom is 0.211 e. The Balaban J connectivity index is 2.40. The third-order valence-electron chi connectivity index (χ3n) is 2.47. The number of nitrogens with zero attached hydrogens (tertiary/aromatic N) is 2. The largest absolute Gasteiger partial charge is 0.328 e. The van der Waals surface area contributed by atoms with Gasteiger partial charge in [-0.05, 0) is 25.1 Å². The summed E-state index contributed by atoms with van der Waals surface area (Å²) in [5, 5.41) is 0.00514. The summed E-state index contributed by atoms with van der Waals surface area (Å²) in [5.41, 5.74) is 0.705. The number of hydrogen-bond donors (Lipinski definition) is 0. The molecule has 0 spiro atoms. The van der Waals surface area contributed by atoms with Crippen molar-refractivity contribution >= 4 is 17.4 Å². The Labute approximate surface area is 103 Å². The molecule has 2 aromatic rings. The van der Waals surface area contributed by atoms with Gasteiger partial charge in [0.2, 0.25) is 5.78 Å². The third-order valence-corrected chi connectivity index (χ3v) is 2.77. The van der Waals surface area contributed by atoms with Crippen LogP contribution in [-0.4, -0.2) is 15.3 Å². The van der Waals surface area contributed by atoms with Crippen LogP contribution in [0.2, 0.25) is 5.02 Å². The molecule has 0 aliphatic rings. The van der Waals surface area contributed by atoms with Gasteiger partial charge in [-0.3, -0.25) is 4.79 Å². The predicted molar refractivity (Wildman–Crippen MR) is 62.7 cm³/mol. The molecule has 5 heteroatoms. The Morgan fingerprint density at radius 2 is 2.29 bits per heavy atom. The minimum atomic E-state index is -0.597. The zero-order chi connectivity index (χ0) is 12.4. The molecular formula is C12H10ClFN2O. The van der Waals surface area contributed by atoms with Crippen LogP contribution in [0.4, 0.5) is 4.39 Å². The second-order valence-corrected chi connectivity index (χ2v) is 3.93. The highest BCUT2D eigenvalue weighted by atomic mass is 35.5. The molecule has 1 aromatic carbocycles. The highest BCUT2D eigenvalue weighted by Gasteiger charge is 2.14. The van der Waals surface area contributed by atoms with E-state index in [1.165, 1.54) is 18.3 Å². The first-order chi connectivity index (χ1) is 8.13. The first kappa shape index (κ1) is 11.8. The smallest absolute Gasteiger partial charge is 0.211 e. The molecule has 0 aliphatic heterocycles. The van der Waals surface area contributed by atoms with Gasteiger partial charge in [0.25, 0.3) is 0 Å². The Hall–Kier alpha value is -1.68. The van der Waals surface area contributed by atoms with E-state index in [2.05, 4.69) is 4.98 Å². The van der Waals surface area contributed by atoms with Crippen LogP contribution in [0, 0.1) is 5.82 Å². The predicted octanol–water partition coefficient (Wildman–Crippen LogP) is 2.93. The van der Waals surface area contributed by atoms with Crippen molar-refractivity contribution in [3.8, 4) is 0 Å². The van der Waals surface area contributed by atoms with Gasteiger partial charge >= 0.3 is 0 Å². The fourth-order valence-corrected chi connectivity index (χ4v) is 1.66. The summed E-state index contributed by atoms with van der Waals surface area (Å²) in [6, 6.07) is 4.01. The van der Waals surface area contributed by atoms with Crippen molar-refractivity contribution in [2.75, 3.05) is 0 Å². The summed E-state index contributed by atoms with van der Waals surface area (Å²) in [6.07, 6.45) is 3.04. The lowest BCUT2D eigenvalue weighted by molar-refractivity contribution is 0.103. The number of hydrogen-bond acceptors (Lipinski definition) is 2. The molecule has 1 aromatic heterocycles. The molecule has 2 rings (SSSR count). The van der Waals surface area contributed by atoms with E-state index in [0.717, 1.165) is 6.07 Å². The first-order valence-corrected chi connectivity index (χ1v) is 5.51. The van der Waals surface area contributed by atoms with Crippen molar-refractivity contribution in [2.45, 2.75) is 13.5 Å². The van der Waals surface area contributed by atoms with Gasteiger partial charge in [0, 0.05) is 12.1 Å². The second-order valence-electron chi connectivity index (χ2n) is 3.52.